The average Bonchev–Trinajstić information content (AvgIpc) is 2.83. The molecule has 0 radical (unpaired) electrons. The fourth-order valence-corrected chi connectivity index (χ4v) is 5.18. The third kappa shape index (κ3) is 4.26. The largest absolute Gasteiger partial charge is 0.504 e. The fourth-order valence-electron chi connectivity index (χ4n) is 5.18. The van der Waals surface area contributed by atoms with E-state index in [1.807, 2.05) is 39.0 Å². The number of hydrogen-bond donors (Lipinski definition) is 3. The molecule has 0 fully saturated rings. The van der Waals surface area contributed by atoms with Crippen molar-refractivity contribution < 1.29 is 37.2 Å². The Morgan fingerprint density at radius 3 is 2.47 bits per heavy atom. The van der Waals surface area contributed by atoms with Gasteiger partial charge in [0.25, 0.3) is 0 Å². The van der Waals surface area contributed by atoms with Crippen LogP contribution in [0, 0.1) is 5.82 Å². The summed E-state index contributed by atoms with van der Waals surface area (Å²) in [6, 6.07) is 9.49. The molecule has 0 amide bonds. The minimum absolute atomic E-state index is 0.0605. The van der Waals surface area contributed by atoms with Gasteiger partial charge in [0.1, 0.15) is 17.3 Å². The predicted octanol–water partition coefficient (Wildman–Crippen LogP) is 7.30. The Balaban J connectivity index is 1.82. The highest BCUT2D eigenvalue weighted by atomic mass is 19.4. The Morgan fingerprint density at radius 2 is 1.79 bits per heavy atom. The Kier molecular flexibility index (Phi) is 5.94. The van der Waals surface area contributed by atoms with Crippen LogP contribution in [0.1, 0.15) is 49.1 Å². The highest BCUT2D eigenvalue weighted by molar-refractivity contribution is 6.02. The summed E-state index contributed by atoms with van der Waals surface area (Å²) in [5.74, 6) is -0.337. The number of anilines is 1. The number of alkyl halides is 3. The molecule has 1 atom stereocenters. The van der Waals surface area contributed by atoms with Gasteiger partial charge >= 0.3 is 6.18 Å². The summed E-state index contributed by atoms with van der Waals surface area (Å²) in [5.41, 5.74) is 3.02. The third-order valence-electron chi connectivity index (χ3n) is 6.61. The zero-order valence-electron chi connectivity index (χ0n) is 21.0. The number of aliphatic hydroxyl groups excluding tert-OH is 1. The highest BCUT2D eigenvalue weighted by Gasteiger charge is 2.41. The lowest BCUT2D eigenvalue weighted by Crippen LogP contribution is -2.32. The number of benzene rings is 3. The Hall–Kier alpha value is -3.98. The Labute approximate surface area is 216 Å². The van der Waals surface area contributed by atoms with Crippen LogP contribution in [-0.4, -0.2) is 29.0 Å². The van der Waals surface area contributed by atoms with Crippen molar-refractivity contribution in [2.45, 2.75) is 38.6 Å². The van der Waals surface area contributed by atoms with Crippen LogP contribution in [0.25, 0.3) is 28.5 Å². The van der Waals surface area contributed by atoms with E-state index in [0.717, 1.165) is 22.9 Å². The smallest absolute Gasteiger partial charge is 0.418 e. The number of phenols is 1. The summed E-state index contributed by atoms with van der Waals surface area (Å²) in [6.07, 6.45) is -4.51. The molecule has 0 saturated carbocycles. The van der Waals surface area contributed by atoms with Crippen molar-refractivity contribution in [1.82, 2.24) is 0 Å². The predicted molar refractivity (Wildman–Crippen MR) is 137 cm³/mol. The Morgan fingerprint density at radius 1 is 1.05 bits per heavy atom. The molecule has 38 heavy (non-hydrogen) atoms. The van der Waals surface area contributed by atoms with Gasteiger partial charge in [-0.15, -0.1) is 0 Å². The van der Waals surface area contributed by atoms with Crippen LogP contribution in [0.4, 0.5) is 23.2 Å². The molecule has 198 valence electrons. The van der Waals surface area contributed by atoms with E-state index in [9.17, 15) is 27.8 Å². The summed E-state index contributed by atoms with van der Waals surface area (Å²) >= 11 is 0. The molecule has 3 aromatic carbocycles. The molecule has 2 aliphatic rings. The van der Waals surface area contributed by atoms with Crippen LogP contribution in [-0.2, 0) is 0 Å². The van der Waals surface area contributed by atoms with Gasteiger partial charge in [-0.1, -0.05) is 18.2 Å². The van der Waals surface area contributed by atoms with Gasteiger partial charge in [-0.25, -0.2) is 4.39 Å². The number of phenolic OH excluding ortho intramolecular Hbond substituents is 1. The molecule has 3 aromatic rings. The van der Waals surface area contributed by atoms with E-state index in [2.05, 4.69) is 5.32 Å². The Bertz CT molecular complexity index is 1520. The molecule has 0 saturated heterocycles. The van der Waals surface area contributed by atoms with Crippen LogP contribution in [0.15, 0.2) is 48.5 Å². The molecule has 0 aliphatic carbocycles. The lowest BCUT2D eigenvalue weighted by Gasteiger charge is -2.35. The van der Waals surface area contributed by atoms with Gasteiger partial charge in [-0.2, -0.15) is 13.2 Å². The number of aromatic hydroxyl groups is 1. The molecular formula is C29H25F4NO4. The van der Waals surface area contributed by atoms with Crippen molar-refractivity contribution in [2.24, 2.45) is 0 Å². The topological polar surface area (TPSA) is 71.0 Å². The van der Waals surface area contributed by atoms with Gasteiger partial charge in [0.2, 0.25) is 0 Å². The van der Waals surface area contributed by atoms with E-state index in [1.165, 1.54) is 31.4 Å². The van der Waals surface area contributed by atoms with Gasteiger partial charge in [-0.05, 0) is 73.9 Å². The molecule has 2 aliphatic heterocycles. The maximum Gasteiger partial charge on any atom is 0.418 e. The van der Waals surface area contributed by atoms with E-state index < -0.39 is 23.7 Å². The molecule has 2 heterocycles. The minimum atomic E-state index is -5.00. The van der Waals surface area contributed by atoms with Crippen LogP contribution < -0.4 is 14.8 Å². The first-order valence-electron chi connectivity index (χ1n) is 11.8. The monoisotopic (exact) mass is 527 g/mol. The van der Waals surface area contributed by atoms with Crippen molar-refractivity contribution in [2.75, 3.05) is 12.4 Å². The van der Waals surface area contributed by atoms with Crippen molar-refractivity contribution in [3.05, 3.63) is 76.6 Å². The minimum Gasteiger partial charge on any atom is -0.504 e. The summed E-state index contributed by atoms with van der Waals surface area (Å²) in [6.45, 7) is 5.93. The number of hydrogen-bond acceptors (Lipinski definition) is 5. The fraction of sp³-hybridized carbons (Fsp3) is 0.241. The lowest BCUT2D eigenvalue weighted by atomic mass is 9.82. The summed E-state index contributed by atoms with van der Waals surface area (Å²) in [4.78, 5) is 0. The van der Waals surface area contributed by atoms with Crippen molar-refractivity contribution in [3.63, 3.8) is 0 Å². The number of fused-ring (bicyclic) bond motifs is 5. The number of halogens is 4. The van der Waals surface area contributed by atoms with Crippen molar-refractivity contribution in [1.29, 1.82) is 0 Å². The molecule has 9 heteroatoms. The van der Waals surface area contributed by atoms with Crippen LogP contribution in [0.3, 0.4) is 0 Å². The number of nitrogens with one attached hydrogen (secondary N) is 1. The van der Waals surface area contributed by atoms with E-state index in [1.54, 1.807) is 0 Å². The van der Waals surface area contributed by atoms with Crippen LogP contribution in [0.5, 0.6) is 17.2 Å². The highest BCUT2D eigenvalue weighted by Crippen LogP contribution is 2.54. The van der Waals surface area contributed by atoms with E-state index >= 15 is 0 Å². The van der Waals surface area contributed by atoms with Crippen molar-refractivity contribution in [3.8, 4) is 28.4 Å². The third-order valence-corrected chi connectivity index (χ3v) is 6.61. The summed E-state index contributed by atoms with van der Waals surface area (Å²) in [5, 5.41) is 23.9. The first kappa shape index (κ1) is 25.7. The standard InChI is InChI=1S/C29H25F4NO4/c1-14-13-28(2,3)34-19-8-7-17-24(23(14)19)22(38-21-10-9-20(35)26(37-4)25(17)21)11-15-5-6-16(30)12-18(15)27(36)29(31,32)33/h5-13,27,34-36H,1-4H3/b22-11-. The molecule has 1 unspecified atom stereocenters. The normalized spacial score (nSPS) is 17.4. The van der Waals surface area contributed by atoms with E-state index in [-0.39, 0.29) is 28.4 Å². The molecular weight excluding hydrogens is 502 g/mol. The second kappa shape index (κ2) is 8.80. The molecule has 5 rings (SSSR count). The summed E-state index contributed by atoms with van der Waals surface area (Å²) < 4.78 is 66.1. The maximum atomic E-state index is 14.0. The molecule has 3 N–H and O–H groups in total. The van der Waals surface area contributed by atoms with Gasteiger partial charge in [0, 0.05) is 22.4 Å². The second-order valence-corrected chi connectivity index (χ2v) is 9.90. The zero-order chi connectivity index (χ0) is 27.6. The van der Waals surface area contributed by atoms with Crippen LogP contribution >= 0.6 is 0 Å². The van der Waals surface area contributed by atoms with Gasteiger partial charge in [0.05, 0.1) is 18.2 Å². The number of ether oxygens (including phenoxy) is 2. The SMILES string of the molecule is COc1c(O)ccc2c1-c1ccc3c(c1/C(=C/c1ccc(F)cc1C(O)C(F)(F)F)O2)C(C)=CC(C)(C)N3. The number of methoxy groups -OCH3 is 1. The summed E-state index contributed by atoms with van der Waals surface area (Å²) in [7, 11) is 1.41. The molecule has 0 aromatic heterocycles. The number of rotatable bonds is 3. The molecule has 0 spiro atoms. The quantitative estimate of drug-likeness (QED) is 0.312. The zero-order valence-corrected chi connectivity index (χ0v) is 21.0. The van der Waals surface area contributed by atoms with E-state index in [4.69, 9.17) is 9.47 Å². The average molecular weight is 528 g/mol. The first-order valence-corrected chi connectivity index (χ1v) is 11.8. The number of allylic oxidation sites excluding steroid dienone is 1. The number of aliphatic hydroxyl groups is 1. The van der Waals surface area contributed by atoms with E-state index in [0.29, 0.717) is 28.5 Å². The first-order chi connectivity index (χ1) is 17.8. The van der Waals surface area contributed by atoms with Gasteiger partial charge in [0.15, 0.2) is 17.6 Å². The van der Waals surface area contributed by atoms with Crippen molar-refractivity contribution >= 4 is 23.1 Å². The van der Waals surface area contributed by atoms with Crippen LogP contribution in [0.2, 0.25) is 0 Å². The van der Waals surface area contributed by atoms with Gasteiger partial charge in [-0.3, -0.25) is 0 Å². The second-order valence-electron chi connectivity index (χ2n) is 9.90. The van der Waals surface area contributed by atoms with Gasteiger partial charge < -0.3 is 25.0 Å². The molecule has 0 bridgehead atoms. The lowest BCUT2D eigenvalue weighted by molar-refractivity contribution is -0.206. The maximum absolute atomic E-state index is 14.0. The molecule has 5 nitrogen and oxygen atoms in total.